The van der Waals surface area contributed by atoms with E-state index in [9.17, 15) is 5.11 Å². The number of benzene rings is 2. The molecule has 2 aromatic carbocycles. The van der Waals surface area contributed by atoms with Crippen LogP contribution < -0.4 is 0 Å². The van der Waals surface area contributed by atoms with E-state index in [2.05, 4.69) is 15.0 Å². The number of para-hydroxylation sites is 2. The first kappa shape index (κ1) is 12.1. The number of aromatic amines is 1. The Morgan fingerprint density at radius 3 is 2.76 bits per heavy atom. The number of fused-ring (bicyclic) bond motifs is 2. The molecule has 2 aromatic heterocycles. The van der Waals surface area contributed by atoms with Crippen molar-refractivity contribution in [2.24, 2.45) is 4.99 Å². The lowest BCUT2D eigenvalue weighted by Crippen LogP contribution is -1.75. The number of imidazole rings is 1. The molecular weight excluding hydrogens is 282 g/mol. The molecule has 0 radical (unpaired) electrons. The molecule has 0 atom stereocenters. The van der Waals surface area contributed by atoms with Crippen LogP contribution in [0.25, 0.3) is 21.1 Å². The number of nitrogens with one attached hydrogen (secondary N) is 1. The van der Waals surface area contributed by atoms with E-state index < -0.39 is 0 Å². The van der Waals surface area contributed by atoms with Gasteiger partial charge in [-0.05, 0) is 24.3 Å². The Kier molecular flexibility index (Phi) is 2.72. The molecule has 0 saturated carbocycles. The van der Waals surface area contributed by atoms with E-state index in [1.807, 2.05) is 48.5 Å². The Hall–Kier alpha value is -2.66. The number of aromatic hydroxyl groups is 1. The van der Waals surface area contributed by atoms with Gasteiger partial charge in [0.25, 0.3) is 0 Å². The Balaban J connectivity index is 1.74. The lowest BCUT2D eigenvalue weighted by atomic mass is 10.2. The molecule has 0 fully saturated rings. The minimum absolute atomic E-state index is 0.274. The molecular formula is C16H11N3OS. The number of aromatic nitrogens is 2. The zero-order chi connectivity index (χ0) is 14.2. The summed E-state index contributed by atoms with van der Waals surface area (Å²) in [6.45, 7) is 0. The number of rotatable bonds is 2. The molecule has 4 rings (SSSR count). The molecule has 0 amide bonds. The van der Waals surface area contributed by atoms with Gasteiger partial charge in [-0.15, -0.1) is 11.3 Å². The summed E-state index contributed by atoms with van der Waals surface area (Å²) in [6.07, 6.45) is 1.65. The third-order valence-electron chi connectivity index (χ3n) is 3.28. The molecule has 0 saturated heterocycles. The first-order valence-electron chi connectivity index (χ1n) is 6.50. The highest BCUT2D eigenvalue weighted by atomic mass is 32.1. The summed E-state index contributed by atoms with van der Waals surface area (Å²) in [4.78, 5) is 12.6. The van der Waals surface area contributed by atoms with Gasteiger partial charge < -0.3 is 10.1 Å². The SMILES string of the molecule is Oc1c(/C=N/c2nc3ccccc3[nH]2)sc2ccccc12. The highest BCUT2D eigenvalue weighted by molar-refractivity contribution is 7.21. The van der Waals surface area contributed by atoms with Crippen molar-refractivity contribution >= 4 is 44.6 Å². The van der Waals surface area contributed by atoms with E-state index in [1.54, 1.807) is 6.21 Å². The van der Waals surface area contributed by atoms with Crippen molar-refractivity contribution in [1.82, 2.24) is 9.97 Å². The maximum absolute atomic E-state index is 10.2. The number of aliphatic imine (C=N–C) groups is 1. The molecule has 5 heteroatoms. The number of thiophene rings is 1. The lowest BCUT2D eigenvalue weighted by molar-refractivity contribution is 0.483. The van der Waals surface area contributed by atoms with Crippen LogP contribution in [-0.2, 0) is 0 Å². The fraction of sp³-hybridized carbons (Fsp3) is 0. The van der Waals surface area contributed by atoms with Gasteiger partial charge in [-0.2, -0.15) is 0 Å². The highest BCUT2D eigenvalue weighted by Gasteiger charge is 2.08. The van der Waals surface area contributed by atoms with Crippen molar-refractivity contribution in [2.45, 2.75) is 0 Å². The number of nitrogens with zero attached hydrogens (tertiary/aromatic N) is 2. The van der Waals surface area contributed by atoms with E-state index >= 15 is 0 Å². The van der Waals surface area contributed by atoms with E-state index in [0.29, 0.717) is 5.95 Å². The minimum atomic E-state index is 0.274. The zero-order valence-corrected chi connectivity index (χ0v) is 11.8. The molecule has 0 bridgehead atoms. The van der Waals surface area contributed by atoms with Crippen molar-refractivity contribution in [3.8, 4) is 5.75 Å². The van der Waals surface area contributed by atoms with Gasteiger partial charge in [-0.25, -0.2) is 9.98 Å². The number of hydrogen-bond donors (Lipinski definition) is 2. The van der Waals surface area contributed by atoms with Crippen molar-refractivity contribution in [1.29, 1.82) is 0 Å². The monoisotopic (exact) mass is 293 g/mol. The van der Waals surface area contributed by atoms with E-state index in [-0.39, 0.29) is 5.75 Å². The lowest BCUT2D eigenvalue weighted by Gasteiger charge is -1.89. The third kappa shape index (κ3) is 2.08. The van der Waals surface area contributed by atoms with Crippen LogP contribution in [0.3, 0.4) is 0 Å². The highest BCUT2D eigenvalue weighted by Crippen LogP contribution is 2.35. The quantitative estimate of drug-likeness (QED) is 0.543. The maximum Gasteiger partial charge on any atom is 0.227 e. The zero-order valence-electron chi connectivity index (χ0n) is 10.9. The van der Waals surface area contributed by atoms with Crippen molar-refractivity contribution in [3.63, 3.8) is 0 Å². The summed E-state index contributed by atoms with van der Waals surface area (Å²) in [5.41, 5.74) is 1.83. The summed E-state index contributed by atoms with van der Waals surface area (Å²) in [5.74, 6) is 0.809. The van der Waals surface area contributed by atoms with Crippen LogP contribution in [0.2, 0.25) is 0 Å². The number of hydrogen-bond acceptors (Lipinski definition) is 4. The van der Waals surface area contributed by atoms with Gasteiger partial charge in [-0.1, -0.05) is 24.3 Å². The topological polar surface area (TPSA) is 61.3 Å². The molecule has 2 N–H and O–H groups in total. The second-order valence-corrected chi connectivity index (χ2v) is 5.73. The molecule has 0 aliphatic rings. The third-order valence-corrected chi connectivity index (χ3v) is 4.37. The van der Waals surface area contributed by atoms with E-state index in [1.165, 1.54) is 11.3 Å². The van der Waals surface area contributed by atoms with Gasteiger partial charge in [-0.3, -0.25) is 0 Å². The van der Waals surface area contributed by atoms with Gasteiger partial charge in [0.2, 0.25) is 5.95 Å². The second-order valence-electron chi connectivity index (χ2n) is 4.65. The normalized spacial score (nSPS) is 11.8. The Labute approximate surface area is 124 Å². The van der Waals surface area contributed by atoms with Crippen LogP contribution in [0, 0.1) is 0 Å². The molecule has 0 aliphatic carbocycles. The largest absolute Gasteiger partial charge is 0.506 e. The second kappa shape index (κ2) is 4.71. The fourth-order valence-electron chi connectivity index (χ4n) is 2.26. The van der Waals surface area contributed by atoms with Gasteiger partial charge in [0.15, 0.2) is 0 Å². The standard InChI is InChI=1S/C16H11N3OS/c20-15-10-5-1-4-8-13(10)21-14(15)9-17-16-18-11-6-2-3-7-12(11)19-16/h1-9,20H,(H,18,19)/b17-9+. The van der Waals surface area contributed by atoms with Crippen LogP contribution >= 0.6 is 11.3 Å². The smallest absolute Gasteiger partial charge is 0.227 e. The van der Waals surface area contributed by atoms with E-state index in [0.717, 1.165) is 26.0 Å². The van der Waals surface area contributed by atoms with Crippen LogP contribution in [0.1, 0.15) is 4.88 Å². The van der Waals surface area contributed by atoms with Gasteiger partial charge in [0.1, 0.15) is 5.75 Å². The van der Waals surface area contributed by atoms with Crippen LogP contribution in [0.5, 0.6) is 5.75 Å². The summed E-state index contributed by atoms with van der Waals surface area (Å²) < 4.78 is 1.04. The van der Waals surface area contributed by atoms with Crippen molar-refractivity contribution in [3.05, 3.63) is 53.4 Å². The minimum Gasteiger partial charge on any atom is -0.506 e. The predicted molar refractivity (Wildman–Crippen MR) is 86.8 cm³/mol. The van der Waals surface area contributed by atoms with Gasteiger partial charge in [0.05, 0.1) is 22.1 Å². The van der Waals surface area contributed by atoms with Crippen LogP contribution in [0.15, 0.2) is 53.5 Å². The number of H-pyrrole nitrogens is 1. The van der Waals surface area contributed by atoms with Crippen molar-refractivity contribution < 1.29 is 5.11 Å². The average Bonchev–Trinajstić information content (AvgIpc) is 3.07. The molecule has 21 heavy (non-hydrogen) atoms. The molecule has 4 aromatic rings. The first-order valence-corrected chi connectivity index (χ1v) is 7.32. The Bertz CT molecular complexity index is 935. The Morgan fingerprint density at radius 1 is 1.10 bits per heavy atom. The van der Waals surface area contributed by atoms with Crippen LogP contribution in [-0.4, -0.2) is 21.3 Å². The average molecular weight is 293 g/mol. The molecule has 0 aliphatic heterocycles. The Morgan fingerprint density at radius 2 is 1.90 bits per heavy atom. The molecule has 0 unspecified atom stereocenters. The summed E-state index contributed by atoms with van der Waals surface area (Å²) >= 11 is 1.51. The van der Waals surface area contributed by atoms with E-state index in [4.69, 9.17) is 0 Å². The summed E-state index contributed by atoms with van der Waals surface area (Å²) in [6, 6.07) is 15.5. The van der Waals surface area contributed by atoms with Gasteiger partial charge >= 0.3 is 0 Å². The summed E-state index contributed by atoms with van der Waals surface area (Å²) in [7, 11) is 0. The molecule has 4 nitrogen and oxygen atoms in total. The predicted octanol–water partition coefficient (Wildman–Crippen LogP) is 4.23. The first-order chi connectivity index (χ1) is 10.3. The molecule has 0 spiro atoms. The summed E-state index contributed by atoms with van der Waals surface area (Å²) in [5, 5.41) is 11.1. The molecule has 2 heterocycles. The van der Waals surface area contributed by atoms with Crippen molar-refractivity contribution in [2.75, 3.05) is 0 Å². The molecule has 102 valence electrons. The fourth-order valence-corrected chi connectivity index (χ4v) is 3.23. The van der Waals surface area contributed by atoms with Crippen LogP contribution in [0.4, 0.5) is 5.95 Å². The maximum atomic E-state index is 10.2. The van der Waals surface area contributed by atoms with Gasteiger partial charge in [0, 0.05) is 10.1 Å².